The monoisotopic (exact) mass is 291 g/mol. The fourth-order valence-corrected chi connectivity index (χ4v) is 2.53. The first-order chi connectivity index (χ1) is 10.1. The molecular weight excluding hydrogens is 277 g/mol. The van der Waals surface area contributed by atoms with Gasteiger partial charge in [0.05, 0.1) is 24.1 Å². The van der Waals surface area contributed by atoms with Gasteiger partial charge in [0.25, 0.3) is 0 Å². The number of benzene rings is 1. The standard InChI is InChI=1S/C15H14FNO4/c1-2-20-15(19)11-8-17-4-3-5-21-12-7-9(16)6-10(13(12)17)14(11)18/h6-8H,2-5H2,1H3. The zero-order chi connectivity index (χ0) is 15.0. The first kappa shape index (κ1) is 13.6. The van der Waals surface area contributed by atoms with Crippen LogP contribution in [0.4, 0.5) is 4.39 Å². The Labute approximate surface area is 119 Å². The quantitative estimate of drug-likeness (QED) is 0.795. The van der Waals surface area contributed by atoms with Crippen LogP contribution < -0.4 is 10.2 Å². The van der Waals surface area contributed by atoms with Crippen LogP contribution in [0.15, 0.2) is 23.1 Å². The Morgan fingerprint density at radius 3 is 3.05 bits per heavy atom. The third kappa shape index (κ3) is 2.26. The van der Waals surface area contributed by atoms with Gasteiger partial charge in [-0.1, -0.05) is 0 Å². The van der Waals surface area contributed by atoms with Gasteiger partial charge in [0.2, 0.25) is 5.43 Å². The van der Waals surface area contributed by atoms with E-state index in [4.69, 9.17) is 9.47 Å². The van der Waals surface area contributed by atoms with Crippen LogP contribution in [0.25, 0.3) is 10.9 Å². The highest BCUT2D eigenvalue weighted by Gasteiger charge is 2.21. The summed E-state index contributed by atoms with van der Waals surface area (Å²) in [7, 11) is 0. The van der Waals surface area contributed by atoms with Crippen LogP contribution in [-0.2, 0) is 11.3 Å². The summed E-state index contributed by atoms with van der Waals surface area (Å²) in [4.78, 5) is 24.3. The highest BCUT2D eigenvalue weighted by molar-refractivity contribution is 5.95. The minimum absolute atomic E-state index is 0.0807. The van der Waals surface area contributed by atoms with E-state index in [1.54, 1.807) is 11.5 Å². The molecule has 0 spiro atoms. The molecule has 0 N–H and O–H groups in total. The number of halogens is 1. The van der Waals surface area contributed by atoms with Crippen LogP contribution in [0.1, 0.15) is 23.7 Å². The van der Waals surface area contributed by atoms with Gasteiger partial charge in [-0.15, -0.1) is 0 Å². The van der Waals surface area contributed by atoms with E-state index in [9.17, 15) is 14.0 Å². The van der Waals surface area contributed by atoms with Crippen molar-refractivity contribution in [1.29, 1.82) is 0 Å². The van der Waals surface area contributed by atoms with Crippen LogP contribution in [0, 0.1) is 5.82 Å². The Balaban J connectivity index is 2.34. The topological polar surface area (TPSA) is 57.5 Å². The van der Waals surface area contributed by atoms with Gasteiger partial charge in [0.15, 0.2) is 0 Å². The van der Waals surface area contributed by atoms with Gasteiger partial charge in [-0.3, -0.25) is 4.79 Å². The minimum atomic E-state index is -0.691. The molecule has 2 heterocycles. The van der Waals surface area contributed by atoms with Crippen molar-refractivity contribution in [3.8, 4) is 5.75 Å². The lowest BCUT2D eigenvalue weighted by Crippen LogP contribution is -2.21. The number of hydrogen-bond acceptors (Lipinski definition) is 4. The van der Waals surface area contributed by atoms with Crippen LogP contribution in [0.2, 0.25) is 0 Å². The highest BCUT2D eigenvalue weighted by Crippen LogP contribution is 2.28. The zero-order valence-corrected chi connectivity index (χ0v) is 11.5. The van der Waals surface area contributed by atoms with Crippen molar-refractivity contribution < 1.29 is 18.7 Å². The van der Waals surface area contributed by atoms with Gasteiger partial charge in [-0.25, -0.2) is 9.18 Å². The van der Waals surface area contributed by atoms with E-state index in [0.717, 1.165) is 6.07 Å². The van der Waals surface area contributed by atoms with Crippen LogP contribution in [0.5, 0.6) is 5.75 Å². The second-order valence-corrected chi connectivity index (χ2v) is 4.79. The fraction of sp³-hybridized carbons (Fsp3) is 0.333. The van der Waals surface area contributed by atoms with Gasteiger partial charge in [-0.2, -0.15) is 0 Å². The molecule has 0 atom stereocenters. The van der Waals surface area contributed by atoms with Crippen LogP contribution >= 0.6 is 0 Å². The second kappa shape index (κ2) is 5.20. The molecule has 1 aromatic heterocycles. The van der Waals surface area contributed by atoms with Gasteiger partial charge in [0, 0.05) is 18.8 Å². The summed E-state index contributed by atoms with van der Waals surface area (Å²) in [6, 6.07) is 2.39. The Kier molecular flexibility index (Phi) is 3.37. The first-order valence-electron chi connectivity index (χ1n) is 6.78. The molecule has 0 bridgehead atoms. The molecule has 6 heteroatoms. The van der Waals surface area contributed by atoms with Crippen molar-refractivity contribution in [2.24, 2.45) is 0 Å². The normalized spacial score (nSPS) is 13.6. The van der Waals surface area contributed by atoms with Crippen LogP contribution in [0.3, 0.4) is 0 Å². The van der Waals surface area contributed by atoms with Gasteiger partial charge >= 0.3 is 5.97 Å². The number of aromatic nitrogens is 1. The maximum atomic E-state index is 13.7. The van der Waals surface area contributed by atoms with Crippen molar-refractivity contribution in [3.63, 3.8) is 0 Å². The summed E-state index contributed by atoms with van der Waals surface area (Å²) < 4.78 is 25.8. The largest absolute Gasteiger partial charge is 0.491 e. The first-order valence-corrected chi connectivity index (χ1v) is 6.78. The van der Waals surface area contributed by atoms with Crippen molar-refractivity contribution in [3.05, 3.63) is 39.9 Å². The van der Waals surface area contributed by atoms with Gasteiger partial charge in [0.1, 0.15) is 17.1 Å². The number of hydrogen-bond donors (Lipinski definition) is 0. The average Bonchev–Trinajstić information content (AvgIpc) is 2.65. The average molecular weight is 291 g/mol. The third-order valence-corrected chi connectivity index (χ3v) is 3.40. The lowest BCUT2D eigenvalue weighted by atomic mass is 10.1. The summed E-state index contributed by atoms with van der Waals surface area (Å²) in [5.74, 6) is -0.928. The van der Waals surface area contributed by atoms with Crippen molar-refractivity contribution >= 4 is 16.9 Å². The molecule has 0 saturated heterocycles. The van der Waals surface area contributed by atoms with Crippen LogP contribution in [-0.4, -0.2) is 23.8 Å². The number of esters is 1. The summed E-state index contributed by atoms with van der Waals surface area (Å²) in [6.45, 7) is 2.86. The SMILES string of the molecule is CCOC(=O)c1cn2c3c(cc(F)cc3c1=O)OCCC2. The number of aryl methyl sites for hydroxylation is 1. The maximum absolute atomic E-state index is 13.7. The van der Waals surface area contributed by atoms with Crippen molar-refractivity contribution in [2.75, 3.05) is 13.2 Å². The molecule has 0 saturated carbocycles. The zero-order valence-electron chi connectivity index (χ0n) is 11.5. The number of rotatable bonds is 2. The number of pyridine rings is 1. The lowest BCUT2D eigenvalue weighted by Gasteiger charge is -2.12. The lowest BCUT2D eigenvalue weighted by molar-refractivity contribution is 0.0524. The Hall–Kier alpha value is -2.37. The summed E-state index contributed by atoms with van der Waals surface area (Å²) >= 11 is 0. The Morgan fingerprint density at radius 1 is 1.48 bits per heavy atom. The van der Waals surface area contributed by atoms with E-state index in [1.807, 2.05) is 0 Å². The maximum Gasteiger partial charge on any atom is 0.343 e. The molecule has 21 heavy (non-hydrogen) atoms. The predicted octanol–water partition coefficient (Wildman–Crippen LogP) is 2.10. The molecule has 1 aliphatic heterocycles. The number of ether oxygens (including phenoxy) is 2. The summed E-state index contributed by atoms with van der Waals surface area (Å²) in [5, 5.41) is 0.137. The third-order valence-electron chi connectivity index (χ3n) is 3.40. The molecule has 2 aromatic rings. The van der Waals surface area contributed by atoms with Crippen molar-refractivity contribution in [1.82, 2.24) is 4.57 Å². The number of nitrogens with zero attached hydrogens (tertiary/aromatic N) is 1. The second-order valence-electron chi connectivity index (χ2n) is 4.79. The van der Waals surface area contributed by atoms with E-state index in [1.165, 1.54) is 12.3 Å². The molecule has 0 fully saturated rings. The Bertz CT molecular complexity index is 781. The van der Waals surface area contributed by atoms with E-state index in [-0.39, 0.29) is 17.6 Å². The van der Waals surface area contributed by atoms with Gasteiger partial charge < -0.3 is 14.0 Å². The molecule has 0 aliphatic carbocycles. The van der Waals surface area contributed by atoms with Gasteiger partial charge in [-0.05, 0) is 19.4 Å². The molecule has 0 unspecified atom stereocenters. The fourth-order valence-electron chi connectivity index (χ4n) is 2.53. The number of carbonyl (C=O) groups excluding carboxylic acids is 1. The Morgan fingerprint density at radius 2 is 2.29 bits per heavy atom. The summed E-state index contributed by atoms with van der Waals surface area (Å²) in [6.07, 6.45) is 2.18. The predicted molar refractivity (Wildman–Crippen MR) is 74.2 cm³/mol. The smallest absolute Gasteiger partial charge is 0.343 e. The van der Waals surface area contributed by atoms with E-state index in [2.05, 4.69) is 0 Å². The molecule has 5 nitrogen and oxygen atoms in total. The highest BCUT2D eigenvalue weighted by atomic mass is 19.1. The van der Waals surface area contributed by atoms with E-state index in [0.29, 0.717) is 30.8 Å². The van der Waals surface area contributed by atoms with Crippen molar-refractivity contribution in [2.45, 2.75) is 19.9 Å². The number of carbonyl (C=O) groups is 1. The molecule has 110 valence electrons. The molecular formula is C15H14FNO4. The van der Waals surface area contributed by atoms with E-state index >= 15 is 0 Å². The minimum Gasteiger partial charge on any atom is -0.491 e. The molecule has 0 amide bonds. The molecule has 1 aromatic carbocycles. The molecule has 1 aliphatic rings. The molecule has 3 rings (SSSR count). The summed E-state index contributed by atoms with van der Waals surface area (Å²) in [5.41, 5.74) is -0.0966. The van der Waals surface area contributed by atoms with E-state index < -0.39 is 17.2 Å². The molecule has 0 radical (unpaired) electrons.